The van der Waals surface area contributed by atoms with Gasteiger partial charge in [-0.1, -0.05) is 12.1 Å². The highest BCUT2D eigenvalue weighted by Crippen LogP contribution is 2.35. The molecule has 0 fully saturated rings. The molecule has 2 rings (SSSR count). The zero-order valence-electron chi connectivity index (χ0n) is 8.83. The van der Waals surface area contributed by atoms with Crippen LogP contribution in [0.15, 0.2) is 18.2 Å². The second-order valence-corrected chi connectivity index (χ2v) is 4.06. The third-order valence-electron chi connectivity index (χ3n) is 2.48. The highest BCUT2D eigenvalue weighted by Gasteiger charge is 2.35. The van der Waals surface area contributed by atoms with Crippen LogP contribution in [0.25, 0.3) is 0 Å². The number of benzene rings is 1. The Morgan fingerprint density at radius 3 is 2.87 bits per heavy atom. The fourth-order valence-corrected chi connectivity index (χ4v) is 1.56. The van der Waals surface area contributed by atoms with E-state index in [-0.39, 0.29) is 5.91 Å². The molecule has 4 heteroatoms. The molecule has 0 aliphatic carbocycles. The zero-order chi connectivity index (χ0) is 11.1. The minimum atomic E-state index is -0.819. The Morgan fingerprint density at radius 2 is 2.20 bits per heavy atom. The van der Waals surface area contributed by atoms with Gasteiger partial charge in [-0.05, 0) is 25.5 Å². The van der Waals surface area contributed by atoms with E-state index in [0.717, 1.165) is 5.56 Å². The third kappa shape index (κ3) is 1.57. The van der Waals surface area contributed by atoms with Gasteiger partial charge in [-0.25, -0.2) is 0 Å². The van der Waals surface area contributed by atoms with Crippen LogP contribution in [0.5, 0.6) is 5.75 Å². The molecule has 1 aromatic carbocycles. The van der Waals surface area contributed by atoms with Crippen LogP contribution in [0.2, 0.25) is 0 Å². The second kappa shape index (κ2) is 3.24. The maximum atomic E-state index is 11.7. The molecule has 0 unspecified atom stereocenters. The lowest BCUT2D eigenvalue weighted by Crippen LogP contribution is -2.46. The Hall–Kier alpha value is -1.55. The number of hydrogen-bond acceptors (Lipinski definition) is 3. The van der Waals surface area contributed by atoms with Gasteiger partial charge in [0.25, 0.3) is 5.91 Å². The van der Waals surface area contributed by atoms with Crippen molar-refractivity contribution in [3.05, 3.63) is 23.8 Å². The summed E-state index contributed by atoms with van der Waals surface area (Å²) in [6.07, 6.45) is 0. The van der Waals surface area contributed by atoms with E-state index in [0.29, 0.717) is 18.0 Å². The van der Waals surface area contributed by atoms with E-state index in [1.807, 2.05) is 18.2 Å². The van der Waals surface area contributed by atoms with Gasteiger partial charge in [0, 0.05) is 6.54 Å². The molecular weight excluding hydrogens is 192 g/mol. The molecule has 1 aliphatic rings. The van der Waals surface area contributed by atoms with Gasteiger partial charge in [0.2, 0.25) is 0 Å². The van der Waals surface area contributed by atoms with Crippen molar-refractivity contribution in [3.8, 4) is 5.75 Å². The smallest absolute Gasteiger partial charge is 0.268 e. The quantitative estimate of drug-likeness (QED) is 0.727. The summed E-state index contributed by atoms with van der Waals surface area (Å²) in [5.74, 6) is 0.540. The van der Waals surface area contributed by atoms with Gasteiger partial charge in [0.1, 0.15) is 5.75 Å². The number of rotatable bonds is 1. The molecule has 0 radical (unpaired) electrons. The van der Waals surface area contributed by atoms with Crippen LogP contribution in [-0.2, 0) is 11.3 Å². The number of anilines is 1. The summed E-state index contributed by atoms with van der Waals surface area (Å²) in [4.78, 5) is 11.7. The van der Waals surface area contributed by atoms with E-state index in [1.165, 1.54) is 0 Å². The van der Waals surface area contributed by atoms with Gasteiger partial charge in [0.05, 0.1) is 5.69 Å². The lowest BCUT2D eigenvalue weighted by atomic mass is 10.0. The fraction of sp³-hybridized carbons (Fsp3) is 0.364. The van der Waals surface area contributed by atoms with Crippen molar-refractivity contribution in [2.75, 3.05) is 5.32 Å². The van der Waals surface area contributed by atoms with Crippen LogP contribution >= 0.6 is 0 Å². The molecule has 0 bridgehead atoms. The molecule has 0 saturated carbocycles. The summed E-state index contributed by atoms with van der Waals surface area (Å²) < 4.78 is 5.61. The molecule has 4 nitrogen and oxygen atoms in total. The van der Waals surface area contributed by atoms with Gasteiger partial charge < -0.3 is 15.8 Å². The van der Waals surface area contributed by atoms with Gasteiger partial charge in [0.15, 0.2) is 5.60 Å². The molecule has 1 heterocycles. The maximum absolute atomic E-state index is 11.7. The van der Waals surface area contributed by atoms with E-state index < -0.39 is 5.60 Å². The molecular formula is C11H14N2O2. The Balaban J connectivity index is 2.49. The lowest BCUT2D eigenvalue weighted by Gasteiger charge is -2.32. The molecule has 0 spiro atoms. The summed E-state index contributed by atoms with van der Waals surface area (Å²) >= 11 is 0. The van der Waals surface area contributed by atoms with Gasteiger partial charge in [-0.2, -0.15) is 0 Å². The van der Waals surface area contributed by atoms with E-state index in [9.17, 15) is 4.79 Å². The standard InChI is InChI=1S/C11H14N2O2/c1-11(2)10(14)13-9-7(6-12)4-3-5-8(9)15-11/h3-5H,6,12H2,1-2H3,(H,13,14). The Bertz CT molecular complexity index is 413. The largest absolute Gasteiger partial charge is 0.476 e. The van der Waals surface area contributed by atoms with Gasteiger partial charge in [-0.3, -0.25) is 4.79 Å². The van der Waals surface area contributed by atoms with E-state index in [2.05, 4.69) is 5.32 Å². The number of fused-ring (bicyclic) bond motifs is 1. The van der Waals surface area contributed by atoms with Crippen molar-refractivity contribution in [1.29, 1.82) is 0 Å². The summed E-state index contributed by atoms with van der Waals surface area (Å²) in [5, 5.41) is 2.83. The first-order chi connectivity index (χ1) is 7.04. The van der Waals surface area contributed by atoms with Gasteiger partial charge in [-0.15, -0.1) is 0 Å². The first-order valence-corrected chi connectivity index (χ1v) is 4.87. The van der Waals surface area contributed by atoms with Crippen molar-refractivity contribution in [2.45, 2.75) is 26.0 Å². The Labute approximate surface area is 88.4 Å². The monoisotopic (exact) mass is 206 g/mol. The van der Waals surface area contributed by atoms with E-state index in [1.54, 1.807) is 13.8 Å². The lowest BCUT2D eigenvalue weighted by molar-refractivity contribution is -0.129. The molecule has 15 heavy (non-hydrogen) atoms. The number of amides is 1. The predicted octanol–water partition coefficient (Wildman–Crippen LogP) is 1.25. The molecule has 0 atom stereocenters. The van der Waals surface area contributed by atoms with Crippen LogP contribution in [0.3, 0.4) is 0 Å². The van der Waals surface area contributed by atoms with E-state index in [4.69, 9.17) is 10.5 Å². The second-order valence-electron chi connectivity index (χ2n) is 4.06. The third-order valence-corrected chi connectivity index (χ3v) is 2.48. The minimum absolute atomic E-state index is 0.143. The highest BCUT2D eigenvalue weighted by molar-refractivity contribution is 6.00. The minimum Gasteiger partial charge on any atom is -0.476 e. The van der Waals surface area contributed by atoms with Crippen LogP contribution in [0, 0.1) is 0 Å². The number of ether oxygens (including phenoxy) is 1. The van der Waals surface area contributed by atoms with E-state index >= 15 is 0 Å². The van der Waals surface area contributed by atoms with Crippen molar-refractivity contribution in [3.63, 3.8) is 0 Å². The zero-order valence-corrected chi connectivity index (χ0v) is 8.83. The number of carbonyl (C=O) groups excluding carboxylic acids is 1. The average molecular weight is 206 g/mol. The molecule has 3 N–H and O–H groups in total. The van der Waals surface area contributed by atoms with Crippen LogP contribution in [0.1, 0.15) is 19.4 Å². The van der Waals surface area contributed by atoms with Crippen molar-refractivity contribution < 1.29 is 9.53 Å². The number of nitrogens with two attached hydrogens (primary N) is 1. The Kier molecular flexibility index (Phi) is 2.16. The summed E-state index contributed by atoms with van der Waals surface area (Å²) in [6, 6.07) is 5.57. The number of nitrogens with one attached hydrogen (secondary N) is 1. The summed E-state index contributed by atoms with van der Waals surface area (Å²) in [5.41, 5.74) is 6.34. The van der Waals surface area contributed by atoms with Crippen molar-refractivity contribution in [1.82, 2.24) is 0 Å². The normalized spacial score (nSPS) is 17.7. The number of carbonyl (C=O) groups is 1. The molecule has 1 aromatic rings. The first kappa shape index (κ1) is 9.98. The predicted molar refractivity (Wildman–Crippen MR) is 57.7 cm³/mol. The average Bonchev–Trinajstić information content (AvgIpc) is 2.18. The highest BCUT2D eigenvalue weighted by atomic mass is 16.5. The molecule has 0 aromatic heterocycles. The fourth-order valence-electron chi connectivity index (χ4n) is 1.56. The summed E-state index contributed by atoms with van der Waals surface area (Å²) in [6.45, 7) is 3.86. The number of para-hydroxylation sites is 1. The number of hydrogen-bond donors (Lipinski definition) is 2. The van der Waals surface area contributed by atoms with Crippen LogP contribution < -0.4 is 15.8 Å². The topological polar surface area (TPSA) is 64.3 Å². The molecule has 1 aliphatic heterocycles. The van der Waals surface area contributed by atoms with Crippen molar-refractivity contribution >= 4 is 11.6 Å². The van der Waals surface area contributed by atoms with Crippen LogP contribution in [0.4, 0.5) is 5.69 Å². The maximum Gasteiger partial charge on any atom is 0.268 e. The van der Waals surface area contributed by atoms with Gasteiger partial charge >= 0.3 is 0 Å². The molecule has 1 amide bonds. The Morgan fingerprint density at radius 1 is 1.47 bits per heavy atom. The SMILES string of the molecule is CC1(C)Oc2cccc(CN)c2NC1=O. The van der Waals surface area contributed by atoms with Crippen molar-refractivity contribution in [2.24, 2.45) is 5.73 Å². The molecule has 80 valence electrons. The first-order valence-electron chi connectivity index (χ1n) is 4.87. The summed E-state index contributed by atoms with van der Waals surface area (Å²) in [7, 11) is 0. The molecule has 0 saturated heterocycles. The van der Waals surface area contributed by atoms with Crippen LogP contribution in [-0.4, -0.2) is 11.5 Å².